The molecule has 0 saturated carbocycles. The minimum absolute atomic E-state index is 0.0555. The van der Waals surface area contributed by atoms with Crippen LogP contribution in [0.4, 0.5) is 5.69 Å². The van der Waals surface area contributed by atoms with Crippen molar-refractivity contribution in [2.24, 2.45) is 0 Å². The fourth-order valence-corrected chi connectivity index (χ4v) is 2.53. The standard InChI is InChI=1S/C18H15ClN2O3/c1-11-6-7-13(10-16(11)19)21-18(23)15(17(22)20-21)9-12-4-3-5-14(8-12)24-2/h3-10H,1-2H3,(H,20,22). The van der Waals surface area contributed by atoms with E-state index >= 15 is 0 Å². The molecule has 0 atom stereocenters. The topological polar surface area (TPSA) is 58.6 Å². The minimum Gasteiger partial charge on any atom is -0.497 e. The Labute approximate surface area is 144 Å². The van der Waals surface area contributed by atoms with Crippen LogP contribution in [-0.4, -0.2) is 18.9 Å². The van der Waals surface area contributed by atoms with Gasteiger partial charge in [-0.1, -0.05) is 29.8 Å². The lowest BCUT2D eigenvalue weighted by Gasteiger charge is -2.15. The highest BCUT2D eigenvalue weighted by Crippen LogP contribution is 2.26. The summed E-state index contributed by atoms with van der Waals surface area (Å²) in [6.07, 6.45) is 1.54. The first-order valence-electron chi connectivity index (χ1n) is 7.27. The molecular formula is C18H15ClN2O3. The Morgan fingerprint density at radius 3 is 2.67 bits per heavy atom. The van der Waals surface area contributed by atoms with E-state index in [0.29, 0.717) is 22.0 Å². The van der Waals surface area contributed by atoms with Crippen LogP contribution >= 0.6 is 11.6 Å². The number of nitrogens with one attached hydrogen (secondary N) is 1. The number of hydrogen-bond acceptors (Lipinski definition) is 3. The molecule has 1 saturated heterocycles. The molecule has 2 aromatic rings. The van der Waals surface area contributed by atoms with Crippen LogP contribution in [0.2, 0.25) is 5.02 Å². The molecule has 1 heterocycles. The smallest absolute Gasteiger partial charge is 0.282 e. The van der Waals surface area contributed by atoms with Gasteiger partial charge in [-0.2, -0.15) is 0 Å². The Hall–Kier alpha value is -2.79. The van der Waals surface area contributed by atoms with Gasteiger partial charge in [0.1, 0.15) is 11.3 Å². The predicted molar refractivity (Wildman–Crippen MR) is 92.8 cm³/mol. The van der Waals surface area contributed by atoms with Gasteiger partial charge < -0.3 is 4.74 Å². The summed E-state index contributed by atoms with van der Waals surface area (Å²) in [6, 6.07) is 12.3. The molecule has 6 heteroatoms. The number of hydrogen-bond donors (Lipinski definition) is 1. The first-order chi connectivity index (χ1) is 11.5. The summed E-state index contributed by atoms with van der Waals surface area (Å²) in [6.45, 7) is 1.87. The number of nitrogens with zero attached hydrogens (tertiary/aromatic N) is 1. The average molecular weight is 343 g/mol. The molecule has 24 heavy (non-hydrogen) atoms. The highest BCUT2D eigenvalue weighted by Gasteiger charge is 2.34. The number of amides is 2. The molecule has 3 rings (SSSR count). The largest absolute Gasteiger partial charge is 0.497 e. The number of anilines is 1. The predicted octanol–water partition coefficient (Wildman–Crippen LogP) is 3.12. The molecule has 0 spiro atoms. The molecule has 1 fully saturated rings. The molecule has 1 N–H and O–H groups in total. The van der Waals surface area contributed by atoms with Gasteiger partial charge in [0.15, 0.2) is 0 Å². The van der Waals surface area contributed by atoms with Gasteiger partial charge in [-0.05, 0) is 48.4 Å². The van der Waals surface area contributed by atoms with Gasteiger partial charge in [-0.3, -0.25) is 15.0 Å². The molecule has 2 aromatic carbocycles. The molecule has 0 aliphatic carbocycles. The lowest BCUT2D eigenvalue weighted by molar-refractivity contribution is -0.117. The summed E-state index contributed by atoms with van der Waals surface area (Å²) in [5, 5.41) is 1.72. The number of rotatable bonds is 3. The second-order valence-corrected chi connectivity index (χ2v) is 5.76. The van der Waals surface area contributed by atoms with Gasteiger partial charge in [0.2, 0.25) is 0 Å². The van der Waals surface area contributed by atoms with Gasteiger partial charge in [-0.15, -0.1) is 0 Å². The van der Waals surface area contributed by atoms with Crippen LogP contribution < -0.4 is 15.2 Å². The number of hydrazine groups is 1. The number of aryl methyl sites for hydroxylation is 1. The van der Waals surface area contributed by atoms with Crippen LogP contribution in [0.5, 0.6) is 5.75 Å². The lowest BCUT2D eigenvalue weighted by atomic mass is 10.1. The zero-order valence-corrected chi connectivity index (χ0v) is 13.9. The van der Waals surface area contributed by atoms with Crippen molar-refractivity contribution < 1.29 is 14.3 Å². The van der Waals surface area contributed by atoms with Crippen molar-refractivity contribution in [1.29, 1.82) is 0 Å². The minimum atomic E-state index is -0.459. The summed E-state index contributed by atoms with van der Waals surface area (Å²) in [4.78, 5) is 24.7. The van der Waals surface area contributed by atoms with Crippen LogP contribution in [-0.2, 0) is 9.59 Å². The number of benzene rings is 2. The molecule has 122 valence electrons. The van der Waals surface area contributed by atoms with Crippen LogP contribution in [0, 0.1) is 6.92 Å². The molecule has 0 bridgehead atoms. The third-order valence-corrected chi connectivity index (χ3v) is 4.12. The Kier molecular flexibility index (Phi) is 4.27. The van der Waals surface area contributed by atoms with E-state index in [-0.39, 0.29) is 5.57 Å². The number of methoxy groups -OCH3 is 1. The monoisotopic (exact) mass is 342 g/mol. The zero-order chi connectivity index (χ0) is 17.3. The van der Waals surface area contributed by atoms with E-state index in [4.69, 9.17) is 16.3 Å². The van der Waals surface area contributed by atoms with Crippen LogP contribution in [0.15, 0.2) is 48.0 Å². The second-order valence-electron chi connectivity index (χ2n) is 5.35. The molecule has 1 aliphatic heterocycles. The molecule has 2 amide bonds. The van der Waals surface area contributed by atoms with Crippen molar-refractivity contribution in [1.82, 2.24) is 5.43 Å². The maximum absolute atomic E-state index is 12.6. The first kappa shape index (κ1) is 16.1. The lowest BCUT2D eigenvalue weighted by Crippen LogP contribution is -2.35. The van der Waals surface area contributed by atoms with Crippen LogP contribution in [0.25, 0.3) is 6.08 Å². The van der Waals surface area contributed by atoms with Gasteiger partial charge in [0.25, 0.3) is 11.8 Å². The number of ether oxygens (including phenoxy) is 1. The van der Waals surface area contributed by atoms with Gasteiger partial charge in [-0.25, -0.2) is 5.01 Å². The Bertz CT molecular complexity index is 861. The summed E-state index contributed by atoms with van der Waals surface area (Å²) < 4.78 is 5.15. The van der Waals surface area contributed by atoms with Crippen LogP contribution in [0.3, 0.4) is 0 Å². The highest BCUT2D eigenvalue weighted by molar-refractivity contribution is 6.33. The Morgan fingerprint density at radius 1 is 1.17 bits per heavy atom. The maximum Gasteiger partial charge on any atom is 0.282 e. The van der Waals surface area contributed by atoms with E-state index in [2.05, 4.69) is 5.43 Å². The fourth-order valence-electron chi connectivity index (χ4n) is 2.36. The fraction of sp³-hybridized carbons (Fsp3) is 0.111. The van der Waals surface area contributed by atoms with Gasteiger partial charge >= 0.3 is 0 Å². The van der Waals surface area contributed by atoms with E-state index in [9.17, 15) is 9.59 Å². The summed E-state index contributed by atoms with van der Waals surface area (Å²) in [5.41, 5.74) is 4.72. The molecular weight excluding hydrogens is 328 g/mol. The average Bonchev–Trinajstić information content (AvgIpc) is 2.86. The Balaban J connectivity index is 1.93. The van der Waals surface area contributed by atoms with E-state index in [1.807, 2.05) is 6.92 Å². The quantitative estimate of drug-likeness (QED) is 0.688. The third kappa shape index (κ3) is 2.98. The van der Waals surface area contributed by atoms with E-state index in [1.165, 1.54) is 11.1 Å². The molecule has 0 unspecified atom stereocenters. The summed E-state index contributed by atoms with van der Waals surface area (Å²) in [7, 11) is 1.56. The zero-order valence-electron chi connectivity index (χ0n) is 13.2. The summed E-state index contributed by atoms with van der Waals surface area (Å²) in [5.74, 6) is -0.236. The van der Waals surface area contributed by atoms with E-state index in [1.54, 1.807) is 49.6 Å². The van der Waals surface area contributed by atoms with Crippen molar-refractivity contribution in [3.63, 3.8) is 0 Å². The number of halogens is 1. The maximum atomic E-state index is 12.6. The van der Waals surface area contributed by atoms with Crippen molar-refractivity contribution in [3.05, 3.63) is 64.2 Å². The SMILES string of the molecule is COc1cccc(C=C2C(=O)NN(c3ccc(C)c(Cl)c3)C2=O)c1. The molecule has 5 nitrogen and oxygen atoms in total. The third-order valence-electron chi connectivity index (χ3n) is 3.71. The van der Waals surface area contributed by atoms with E-state index < -0.39 is 11.8 Å². The molecule has 0 aromatic heterocycles. The summed E-state index contributed by atoms with van der Waals surface area (Å²) >= 11 is 6.10. The Morgan fingerprint density at radius 2 is 1.96 bits per heavy atom. The van der Waals surface area contributed by atoms with Gasteiger partial charge in [0.05, 0.1) is 12.8 Å². The molecule has 1 aliphatic rings. The van der Waals surface area contributed by atoms with Crippen molar-refractivity contribution in [2.75, 3.05) is 12.1 Å². The second kappa shape index (κ2) is 6.37. The van der Waals surface area contributed by atoms with Crippen molar-refractivity contribution in [2.45, 2.75) is 6.92 Å². The van der Waals surface area contributed by atoms with Crippen LogP contribution in [0.1, 0.15) is 11.1 Å². The van der Waals surface area contributed by atoms with Crippen molar-refractivity contribution in [3.8, 4) is 5.75 Å². The molecule has 0 radical (unpaired) electrons. The first-order valence-corrected chi connectivity index (χ1v) is 7.65. The van der Waals surface area contributed by atoms with Gasteiger partial charge in [0, 0.05) is 5.02 Å². The normalized spacial score (nSPS) is 15.8. The highest BCUT2D eigenvalue weighted by atomic mass is 35.5. The van der Waals surface area contributed by atoms with Crippen molar-refractivity contribution >= 4 is 35.2 Å². The number of carbonyl (C=O) groups excluding carboxylic acids is 2. The number of carbonyl (C=O) groups is 2. The van der Waals surface area contributed by atoms with E-state index in [0.717, 1.165) is 5.56 Å².